The van der Waals surface area contributed by atoms with E-state index in [0.717, 1.165) is 27.3 Å². The van der Waals surface area contributed by atoms with Gasteiger partial charge in [0.2, 0.25) is 29.5 Å². The van der Waals surface area contributed by atoms with Crippen LogP contribution in [0.4, 0.5) is 0 Å². The summed E-state index contributed by atoms with van der Waals surface area (Å²) >= 11 is 0. The Hall–Kier alpha value is -7.02. The highest BCUT2D eigenvalue weighted by Crippen LogP contribution is 2.39. The number of hydrogen-bond donors (Lipinski definition) is 7. The number of fused-ring (bicyclic) bond motifs is 7. The van der Waals surface area contributed by atoms with Crippen molar-refractivity contribution in [2.24, 2.45) is 0 Å². The molecule has 2 aliphatic heterocycles. The fourth-order valence-electron chi connectivity index (χ4n) is 7.26. The van der Waals surface area contributed by atoms with Gasteiger partial charge in [-0.15, -0.1) is 0 Å². The Labute approximate surface area is 342 Å². The first-order valence-corrected chi connectivity index (χ1v) is 19.1. The third-order valence-electron chi connectivity index (χ3n) is 10.2. The normalized spacial score (nSPS) is 14.3. The van der Waals surface area contributed by atoms with Gasteiger partial charge in [-0.2, -0.15) is 0 Å². The highest BCUT2D eigenvalue weighted by atomic mass is 16.5. The van der Waals surface area contributed by atoms with Crippen LogP contribution in [0, 0.1) is 0 Å². The van der Waals surface area contributed by atoms with Crippen LogP contribution in [-0.4, -0.2) is 96.2 Å². The van der Waals surface area contributed by atoms with Crippen LogP contribution in [0.3, 0.4) is 0 Å². The van der Waals surface area contributed by atoms with Gasteiger partial charge in [-0.3, -0.25) is 28.8 Å². The zero-order valence-electron chi connectivity index (χ0n) is 32.5. The largest absolute Gasteiger partial charge is 0.458 e. The molecule has 5 amide bonds. The van der Waals surface area contributed by atoms with Crippen molar-refractivity contribution < 1.29 is 43.3 Å². The highest BCUT2D eigenvalue weighted by molar-refractivity contribution is 6.09. The summed E-state index contributed by atoms with van der Waals surface area (Å²) in [6.07, 6.45) is -1.47. The van der Waals surface area contributed by atoms with Crippen molar-refractivity contribution in [3.05, 3.63) is 111 Å². The van der Waals surface area contributed by atoms with E-state index in [9.17, 15) is 38.7 Å². The zero-order chi connectivity index (χ0) is 42.3. The number of ether oxygens (including phenoxy) is 2. The minimum absolute atomic E-state index is 0.0187. The molecule has 0 spiro atoms. The van der Waals surface area contributed by atoms with Crippen molar-refractivity contribution in [1.82, 2.24) is 41.5 Å². The Morgan fingerprint density at radius 1 is 0.867 bits per heavy atom. The van der Waals surface area contributed by atoms with Crippen LogP contribution in [0.2, 0.25) is 0 Å². The van der Waals surface area contributed by atoms with Gasteiger partial charge in [0.25, 0.3) is 5.56 Å². The summed E-state index contributed by atoms with van der Waals surface area (Å²) in [4.78, 5) is 93.8. The van der Waals surface area contributed by atoms with Crippen LogP contribution in [-0.2, 0) is 64.4 Å². The van der Waals surface area contributed by atoms with Gasteiger partial charge in [-0.1, -0.05) is 60.7 Å². The molecule has 5 aromatic rings. The van der Waals surface area contributed by atoms with Crippen LogP contribution in [0.25, 0.3) is 33.1 Å². The third-order valence-corrected chi connectivity index (χ3v) is 10.2. The van der Waals surface area contributed by atoms with Gasteiger partial charge in [0, 0.05) is 29.5 Å². The van der Waals surface area contributed by atoms with Crippen molar-refractivity contribution in [3.63, 3.8) is 0 Å². The van der Waals surface area contributed by atoms with Gasteiger partial charge >= 0.3 is 5.97 Å². The maximum atomic E-state index is 13.6. The Bertz CT molecular complexity index is 2580. The summed E-state index contributed by atoms with van der Waals surface area (Å²) in [5, 5.41) is 28.8. The van der Waals surface area contributed by atoms with Crippen molar-refractivity contribution >= 4 is 57.2 Å². The molecular weight excluding hydrogens is 777 g/mol. The molecule has 18 heteroatoms. The monoisotopic (exact) mass is 818 g/mol. The number of aliphatic hydroxyl groups is 1. The van der Waals surface area contributed by atoms with E-state index in [1.807, 2.05) is 42.5 Å². The maximum Gasteiger partial charge on any atom is 0.340 e. The van der Waals surface area contributed by atoms with Gasteiger partial charge in [0.15, 0.2) is 6.10 Å². The lowest BCUT2D eigenvalue weighted by molar-refractivity contribution is -0.157. The number of esters is 1. The minimum atomic E-state index is -1.60. The van der Waals surface area contributed by atoms with Crippen LogP contribution in [0.15, 0.2) is 77.6 Å². The Kier molecular flexibility index (Phi) is 12.5. The topological polar surface area (TPSA) is 248 Å². The Morgan fingerprint density at radius 2 is 1.62 bits per heavy atom. The number of hydrogen-bond acceptors (Lipinski definition) is 12. The first-order chi connectivity index (χ1) is 29.0. The number of cyclic esters (lactones) is 1. The van der Waals surface area contributed by atoms with Gasteiger partial charge < -0.3 is 51.0 Å². The second-order valence-electron chi connectivity index (χ2n) is 14.2. The van der Waals surface area contributed by atoms with E-state index in [2.05, 4.69) is 31.9 Å². The quantitative estimate of drug-likeness (QED) is 0.0284. The van der Waals surface area contributed by atoms with Crippen molar-refractivity contribution in [2.45, 2.75) is 38.3 Å². The second-order valence-corrected chi connectivity index (χ2v) is 14.2. The molecule has 310 valence electrons. The number of benzene rings is 3. The van der Waals surface area contributed by atoms with Crippen molar-refractivity contribution in [3.8, 4) is 11.4 Å². The molecule has 0 radical (unpaired) electrons. The average molecular weight is 819 g/mol. The number of amides is 5. The zero-order valence-corrected chi connectivity index (χ0v) is 32.5. The lowest BCUT2D eigenvalue weighted by Gasteiger charge is -2.21. The van der Waals surface area contributed by atoms with E-state index >= 15 is 0 Å². The number of aromatic nitrogens is 2. The maximum absolute atomic E-state index is 13.6. The number of aliphatic hydroxyl groups excluding tert-OH is 1. The number of pyridine rings is 2. The lowest BCUT2D eigenvalue weighted by Crippen LogP contribution is -2.52. The molecular formula is C42H42N8O10. The first-order valence-electron chi connectivity index (χ1n) is 19.1. The molecule has 2 aromatic heterocycles. The molecule has 18 nitrogen and oxygen atoms in total. The van der Waals surface area contributed by atoms with Gasteiger partial charge in [0.1, 0.15) is 26.0 Å². The van der Waals surface area contributed by atoms with E-state index in [1.54, 1.807) is 37.4 Å². The summed E-state index contributed by atoms with van der Waals surface area (Å²) in [5.41, 5.74) is 3.67. The first kappa shape index (κ1) is 41.2. The summed E-state index contributed by atoms with van der Waals surface area (Å²) in [7, 11) is 1.59. The van der Waals surface area contributed by atoms with E-state index in [0.29, 0.717) is 22.5 Å². The van der Waals surface area contributed by atoms with Crippen LogP contribution < -0.4 is 37.5 Å². The number of nitrogens with zero attached hydrogens (tertiary/aromatic N) is 2. The molecule has 60 heavy (non-hydrogen) atoms. The second kappa shape index (κ2) is 18.3. The lowest BCUT2D eigenvalue weighted by atomic mass is 9.95. The molecule has 2 aliphatic rings. The minimum Gasteiger partial charge on any atom is -0.458 e. The molecule has 0 bridgehead atoms. The molecule has 3 aromatic carbocycles. The van der Waals surface area contributed by atoms with Gasteiger partial charge in [0.05, 0.1) is 48.6 Å². The Morgan fingerprint density at radius 3 is 2.42 bits per heavy atom. The molecule has 2 atom stereocenters. The predicted molar refractivity (Wildman–Crippen MR) is 216 cm³/mol. The average Bonchev–Trinajstić information content (AvgIpc) is 3.62. The van der Waals surface area contributed by atoms with Crippen molar-refractivity contribution in [1.29, 1.82) is 0 Å². The van der Waals surface area contributed by atoms with E-state index < -0.39 is 66.4 Å². The van der Waals surface area contributed by atoms with Crippen LogP contribution in [0.1, 0.15) is 33.9 Å². The number of nitrogens with one attached hydrogen (secondary N) is 6. The molecule has 2 unspecified atom stereocenters. The van der Waals surface area contributed by atoms with Gasteiger partial charge in [-0.05, 0) is 41.1 Å². The smallest absolute Gasteiger partial charge is 0.340 e. The molecule has 7 N–H and O–H groups in total. The highest BCUT2D eigenvalue weighted by Gasteiger charge is 2.35. The number of carbonyl (C=O) groups excluding carboxylic acids is 6. The third kappa shape index (κ3) is 9.00. The van der Waals surface area contributed by atoms with E-state index in [1.165, 1.54) is 4.57 Å². The number of carbonyl (C=O) groups is 6. The molecule has 0 saturated carbocycles. The predicted octanol–water partition coefficient (Wildman–Crippen LogP) is -0.446. The molecule has 7 rings (SSSR count). The van der Waals surface area contributed by atoms with E-state index in [4.69, 9.17) is 14.5 Å². The van der Waals surface area contributed by atoms with Crippen molar-refractivity contribution in [2.75, 3.05) is 40.0 Å². The molecule has 0 fully saturated rings. The summed E-state index contributed by atoms with van der Waals surface area (Å²) in [5.74, 6) is -3.55. The SMILES string of the molecule is CNCC(=O)NCC(=O)NC(Cc1ccccc1)C(=O)NCC(=O)NCOCC(=O)NCc1c2c(nc3ccc4ccccc4c13)-c1cc3c(c(=O)n1C2)COC(=O)C3O. The number of rotatable bonds is 16. The summed E-state index contributed by atoms with van der Waals surface area (Å²) < 4.78 is 12.0. The number of likely N-dealkylation sites (N-methyl/N-ethyl adjacent to an activating group) is 1. The molecule has 0 aliphatic carbocycles. The Balaban J connectivity index is 0.965. The molecule has 0 saturated heterocycles. The van der Waals surface area contributed by atoms with Crippen LogP contribution in [0.5, 0.6) is 0 Å². The summed E-state index contributed by atoms with van der Waals surface area (Å²) in [6, 6.07) is 21.0. The van der Waals surface area contributed by atoms with Crippen LogP contribution >= 0.6 is 0 Å². The van der Waals surface area contributed by atoms with Gasteiger partial charge in [-0.25, -0.2) is 9.78 Å². The standard InChI is InChI=1S/C42H42N8O10/c1-43-16-33(51)45-18-35(53)48-31(13-23-7-3-2-4-8-23)40(56)46-17-34(52)47-22-59-21-36(54)44-15-27-28-19-50-32(14-26-29(41(50)57)20-60-42(58)39(26)55)38(28)49-30-12-11-24-9-5-6-10-25(24)37(27)30/h2-12,14,31,39,43,55H,13,15-22H2,1H3,(H,44,54)(H,45,51)(H,46,56)(H,47,52)(H,48,53). The summed E-state index contributed by atoms with van der Waals surface area (Å²) in [6.45, 7) is -1.63. The fraction of sp³-hybridized carbons (Fsp3) is 0.286. The van der Waals surface area contributed by atoms with E-state index in [-0.39, 0.29) is 57.1 Å². The fourth-order valence-corrected chi connectivity index (χ4v) is 7.26. The molecule has 4 heterocycles.